The van der Waals surface area contributed by atoms with E-state index in [1.54, 1.807) is 11.3 Å². The van der Waals surface area contributed by atoms with Crippen molar-refractivity contribution in [3.63, 3.8) is 0 Å². The van der Waals surface area contributed by atoms with Crippen LogP contribution in [0, 0.1) is 0 Å². The van der Waals surface area contributed by atoms with Gasteiger partial charge in [-0.3, -0.25) is 0 Å². The minimum atomic E-state index is 0.0612. The van der Waals surface area contributed by atoms with Crippen LogP contribution in [0.15, 0.2) is 41.5 Å². The van der Waals surface area contributed by atoms with E-state index in [0.29, 0.717) is 5.13 Å². The van der Waals surface area contributed by atoms with E-state index in [9.17, 15) is 0 Å². The fraction of sp³-hybridized carbons (Fsp3) is 0.333. The molecule has 1 heterocycles. The number of aromatic nitrogens is 1. The van der Waals surface area contributed by atoms with Crippen LogP contribution in [-0.2, 0) is 5.41 Å². The first-order valence-electron chi connectivity index (χ1n) is 6.82. The molecule has 1 aromatic carbocycles. The first-order chi connectivity index (χ1) is 9.71. The number of rotatable bonds is 3. The molecule has 0 atom stereocenters. The summed E-state index contributed by atoms with van der Waals surface area (Å²) in [5.41, 5.74) is 12.3. The van der Waals surface area contributed by atoms with E-state index in [0.717, 1.165) is 0 Å². The average Bonchev–Trinajstić information content (AvgIpc) is 3.08. The van der Waals surface area contributed by atoms with E-state index in [1.165, 1.54) is 36.1 Å². The maximum atomic E-state index is 5.43. The highest BCUT2D eigenvalue weighted by atomic mass is 32.1. The molecule has 4 N–H and O–H groups in total. The number of hydrogen-bond acceptors (Lipinski definition) is 3. The number of benzene rings is 1. The highest BCUT2D eigenvalue weighted by Crippen LogP contribution is 2.48. The quantitative estimate of drug-likeness (QED) is 0.672. The maximum Gasteiger partial charge on any atom is 0.212 e. The Kier molecular flexibility index (Phi) is 3.44. The van der Waals surface area contributed by atoms with Crippen molar-refractivity contribution >= 4 is 22.4 Å². The van der Waals surface area contributed by atoms with Gasteiger partial charge in [0.15, 0.2) is 5.96 Å². The molecule has 20 heavy (non-hydrogen) atoms. The van der Waals surface area contributed by atoms with Crippen LogP contribution in [-0.4, -0.2) is 10.9 Å². The highest BCUT2D eigenvalue weighted by molar-refractivity contribution is 7.15. The zero-order valence-electron chi connectivity index (χ0n) is 11.2. The van der Waals surface area contributed by atoms with Gasteiger partial charge in [-0.1, -0.05) is 54.5 Å². The molecule has 1 aromatic heterocycles. The molecule has 104 valence electrons. The normalized spacial score (nSPS) is 17.0. The Morgan fingerprint density at radius 1 is 1.15 bits per heavy atom. The lowest BCUT2D eigenvalue weighted by Gasteiger charge is -2.28. The molecule has 1 saturated carbocycles. The van der Waals surface area contributed by atoms with Crippen LogP contribution < -0.4 is 11.5 Å². The van der Waals surface area contributed by atoms with E-state index in [2.05, 4.69) is 40.3 Å². The maximum absolute atomic E-state index is 5.43. The Bertz CT molecular complexity index is 608. The molecule has 0 saturated heterocycles. The minimum Gasteiger partial charge on any atom is -0.370 e. The van der Waals surface area contributed by atoms with Crippen LogP contribution in [0.4, 0.5) is 5.13 Å². The van der Waals surface area contributed by atoms with Crippen molar-refractivity contribution in [1.29, 1.82) is 0 Å². The van der Waals surface area contributed by atoms with E-state index in [-0.39, 0.29) is 11.4 Å². The van der Waals surface area contributed by atoms with Crippen LogP contribution in [0.2, 0.25) is 0 Å². The molecule has 1 aliphatic carbocycles. The summed E-state index contributed by atoms with van der Waals surface area (Å²) >= 11 is 1.59. The third-order valence-corrected chi connectivity index (χ3v) is 5.07. The lowest BCUT2D eigenvalue weighted by molar-refractivity contribution is 0.545. The first-order valence-corrected chi connectivity index (χ1v) is 7.64. The number of hydrogen-bond donors (Lipinski definition) is 2. The third-order valence-electron chi connectivity index (χ3n) is 3.97. The van der Waals surface area contributed by atoms with Gasteiger partial charge in [0.2, 0.25) is 5.13 Å². The first kappa shape index (κ1) is 13.1. The van der Waals surface area contributed by atoms with E-state index >= 15 is 0 Å². The van der Waals surface area contributed by atoms with E-state index < -0.39 is 0 Å². The second-order valence-corrected chi connectivity index (χ2v) is 6.21. The molecular weight excluding hydrogens is 268 g/mol. The molecule has 0 spiro atoms. The SMILES string of the molecule is NC(N)=Nc1ncc(C2(c3ccccc3)CCCC2)s1. The minimum absolute atomic E-state index is 0.0612. The van der Waals surface area contributed by atoms with Gasteiger partial charge in [0.1, 0.15) is 0 Å². The monoisotopic (exact) mass is 286 g/mol. The van der Waals surface area contributed by atoms with Gasteiger partial charge >= 0.3 is 0 Å². The molecule has 0 unspecified atom stereocenters. The second kappa shape index (κ2) is 5.25. The molecule has 1 fully saturated rings. The Morgan fingerprint density at radius 3 is 2.50 bits per heavy atom. The fourth-order valence-electron chi connectivity index (χ4n) is 3.06. The summed E-state index contributed by atoms with van der Waals surface area (Å²) in [6.07, 6.45) is 6.78. The van der Waals surface area contributed by atoms with Gasteiger partial charge in [0.05, 0.1) is 0 Å². The van der Waals surface area contributed by atoms with Crippen molar-refractivity contribution in [2.75, 3.05) is 0 Å². The summed E-state index contributed by atoms with van der Waals surface area (Å²) in [4.78, 5) is 9.66. The largest absolute Gasteiger partial charge is 0.370 e. The fourth-order valence-corrected chi connectivity index (χ4v) is 4.14. The van der Waals surface area contributed by atoms with Crippen LogP contribution in [0.3, 0.4) is 0 Å². The Hall–Kier alpha value is -1.88. The van der Waals surface area contributed by atoms with Crippen molar-refractivity contribution in [2.24, 2.45) is 16.5 Å². The lowest BCUT2D eigenvalue weighted by atomic mass is 9.78. The van der Waals surface area contributed by atoms with Crippen molar-refractivity contribution in [2.45, 2.75) is 31.1 Å². The second-order valence-electron chi connectivity index (χ2n) is 5.20. The number of nitrogens with two attached hydrogens (primary N) is 2. The van der Waals surface area contributed by atoms with Gasteiger partial charge in [0, 0.05) is 16.5 Å². The van der Waals surface area contributed by atoms with E-state index in [1.807, 2.05) is 6.20 Å². The number of aliphatic imine (C=N–C) groups is 1. The summed E-state index contributed by atoms with van der Waals surface area (Å²) in [5.74, 6) is 0.0612. The number of nitrogens with zero attached hydrogens (tertiary/aromatic N) is 2. The van der Waals surface area contributed by atoms with Crippen LogP contribution in [0.25, 0.3) is 0 Å². The predicted octanol–water partition coefficient (Wildman–Crippen LogP) is 2.91. The van der Waals surface area contributed by atoms with Gasteiger partial charge in [-0.05, 0) is 18.4 Å². The van der Waals surface area contributed by atoms with Crippen molar-refractivity contribution < 1.29 is 0 Å². The average molecular weight is 286 g/mol. The molecule has 5 heteroatoms. The Balaban J connectivity index is 2.03. The summed E-state index contributed by atoms with van der Waals surface area (Å²) in [6.45, 7) is 0. The Morgan fingerprint density at radius 2 is 1.85 bits per heavy atom. The molecule has 3 rings (SSSR count). The van der Waals surface area contributed by atoms with Crippen molar-refractivity contribution in [3.05, 3.63) is 47.0 Å². The predicted molar refractivity (Wildman–Crippen MR) is 83.3 cm³/mol. The zero-order valence-corrected chi connectivity index (χ0v) is 12.1. The van der Waals surface area contributed by atoms with Gasteiger partial charge in [-0.15, -0.1) is 0 Å². The summed E-state index contributed by atoms with van der Waals surface area (Å²) in [5, 5.41) is 0.641. The van der Waals surface area contributed by atoms with Gasteiger partial charge < -0.3 is 11.5 Å². The smallest absolute Gasteiger partial charge is 0.212 e. The van der Waals surface area contributed by atoms with Crippen molar-refractivity contribution in [1.82, 2.24) is 4.98 Å². The summed E-state index contributed by atoms with van der Waals surface area (Å²) in [7, 11) is 0. The highest BCUT2D eigenvalue weighted by Gasteiger charge is 2.38. The van der Waals surface area contributed by atoms with Crippen LogP contribution in [0.1, 0.15) is 36.1 Å². The zero-order chi connectivity index (χ0) is 14.0. The summed E-state index contributed by atoms with van der Waals surface area (Å²) < 4.78 is 0. The molecule has 4 nitrogen and oxygen atoms in total. The molecule has 0 aliphatic heterocycles. The molecule has 0 amide bonds. The molecular formula is C15H18N4S. The van der Waals surface area contributed by atoms with Gasteiger partial charge in [0.25, 0.3) is 0 Å². The summed E-state index contributed by atoms with van der Waals surface area (Å²) in [6, 6.07) is 10.7. The lowest BCUT2D eigenvalue weighted by Crippen LogP contribution is -2.22. The molecule has 2 aromatic rings. The third kappa shape index (κ3) is 2.29. The van der Waals surface area contributed by atoms with Crippen LogP contribution >= 0.6 is 11.3 Å². The van der Waals surface area contributed by atoms with Gasteiger partial charge in [-0.25, -0.2) is 4.98 Å². The Labute approximate surface area is 122 Å². The molecule has 0 bridgehead atoms. The molecule has 0 radical (unpaired) electrons. The van der Waals surface area contributed by atoms with Crippen LogP contribution in [0.5, 0.6) is 0 Å². The molecule has 1 aliphatic rings. The van der Waals surface area contributed by atoms with E-state index in [4.69, 9.17) is 11.5 Å². The van der Waals surface area contributed by atoms with Crippen molar-refractivity contribution in [3.8, 4) is 0 Å². The topological polar surface area (TPSA) is 77.3 Å². The number of thiazole rings is 1. The number of guanidine groups is 1. The van der Waals surface area contributed by atoms with Gasteiger partial charge in [-0.2, -0.15) is 4.99 Å². The standard InChI is InChI=1S/C15H18N4S/c16-13(17)19-14-18-10-12(20-14)15(8-4-5-9-15)11-6-2-1-3-7-11/h1-3,6-7,10H,4-5,8-9H2,(H4,16,17,18,19).